The first-order valence-electron chi connectivity index (χ1n) is 16.8. The van der Waals surface area contributed by atoms with Crippen LogP contribution in [0, 0.1) is 5.41 Å². The lowest BCUT2D eigenvalue weighted by molar-refractivity contribution is 0.304. The van der Waals surface area contributed by atoms with Crippen LogP contribution in [0.4, 0.5) is 0 Å². The van der Waals surface area contributed by atoms with E-state index in [1.54, 1.807) is 0 Å². The van der Waals surface area contributed by atoms with E-state index in [1.807, 2.05) is 0 Å². The maximum Gasteiger partial charge on any atom is 0.0162 e. The monoisotopic (exact) mass is 564 g/mol. The number of benzene rings is 4. The Morgan fingerprint density at radius 3 is 1.30 bits per heavy atom. The molecule has 0 bridgehead atoms. The van der Waals surface area contributed by atoms with E-state index in [2.05, 4.69) is 137 Å². The number of rotatable bonds is 12. The summed E-state index contributed by atoms with van der Waals surface area (Å²) in [6.45, 7) is 9.70. The van der Waals surface area contributed by atoms with Crippen molar-refractivity contribution in [3.8, 4) is 0 Å². The first kappa shape index (κ1) is 29.4. The van der Waals surface area contributed by atoms with Gasteiger partial charge >= 0.3 is 0 Å². The third-order valence-corrected chi connectivity index (χ3v) is 10.1. The van der Waals surface area contributed by atoms with E-state index in [4.69, 9.17) is 0 Å². The van der Waals surface area contributed by atoms with Crippen LogP contribution in [-0.4, -0.2) is 0 Å². The van der Waals surface area contributed by atoms with Gasteiger partial charge in [0.2, 0.25) is 0 Å². The smallest absolute Gasteiger partial charge is 0.0162 e. The summed E-state index contributed by atoms with van der Waals surface area (Å²) in [5, 5.41) is 0. The van der Waals surface area contributed by atoms with Gasteiger partial charge in [0, 0.05) is 11.8 Å². The average Bonchev–Trinajstić information content (AvgIpc) is 3.64. The van der Waals surface area contributed by atoms with E-state index in [1.165, 1.54) is 94.2 Å². The number of hydrogen-bond acceptors (Lipinski definition) is 0. The fourth-order valence-corrected chi connectivity index (χ4v) is 8.03. The van der Waals surface area contributed by atoms with Crippen molar-refractivity contribution in [3.05, 3.63) is 142 Å². The quantitative estimate of drug-likeness (QED) is 0.150. The summed E-state index contributed by atoms with van der Waals surface area (Å²) in [4.78, 5) is 0. The summed E-state index contributed by atoms with van der Waals surface area (Å²) < 4.78 is 0. The predicted octanol–water partition coefficient (Wildman–Crippen LogP) is 12.2. The highest BCUT2D eigenvalue weighted by molar-refractivity contribution is 5.96. The van der Waals surface area contributed by atoms with E-state index in [-0.39, 0.29) is 5.41 Å². The number of unbranched alkanes of at least 4 members (excludes halogenated alkanes) is 4. The number of fused-ring (bicyclic) bond motifs is 2. The summed E-state index contributed by atoms with van der Waals surface area (Å²) in [6.07, 6.45) is 15.0. The lowest BCUT2D eigenvalue weighted by Crippen LogP contribution is -2.30. The molecule has 0 nitrogen and oxygen atoms in total. The number of aryl methyl sites for hydroxylation is 2. The molecule has 0 aromatic heterocycles. The standard InChI is InChI=1S/C43H48/c1-5-7-11-19-31-25-17-27-35-37(31)29-39(33-21-13-9-14-22-33)41(35)43(3,4)42-36-28-18-26-32(20-12-8-6-2)38(36)30-40(42)34-23-15-10-16-24-34/h9-10,13-18,21-30,41-42H,5-8,11-12,19-20H2,1-4H3. The van der Waals surface area contributed by atoms with E-state index < -0.39 is 0 Å². The highest BCUT2D eigenvalue weighted by Gasteiger charge is 2.47. The van der Waals surface area contributed by atoms with Gasteiger partial charge in [0.25, 0.3) is 0 Å². The Morgan fingerprint density at radius 2 is 0.907 bits per heavy atom. The minimum Gasteiger partial charge on any atom is -0.0654 e. The Balaban J connectivity index is 1.50. The molecule has 0 radical (unpaired) electrons. The van der Waals surface area contributed by atoms with Crippen LogP contribution >= 0.6 is 0 Å². The lowest BCUT2D eigenvalue weighted by atomic mass is 9.61. The molecule has 220 valence electrons. The molecule has 0 spiro atoms. The SMILES string of the molecule is CCCCCc1cccc2c1C=C(c1ccccc1)C2C(C)(C)C1C(c2ccccc2)=Cc2c(CCCCC)cccc21. The molecule has 0 N–H and O–H groups in total. The van der Waals surface area contributed by atoms with Crippen LogP contribution in [0.1, 0.15) is 123 Å². The van der Waals surface area contributed by atoms with Crippen LogP contribution in [0.25, 0.3) is 23.3 Å². The summed E-state index contributed by atoms with van der Waals surface area (Å²) in [6, 6.07) is 36.7. The second kappa shape index (κ2) is 12.9. The molecule has 4 aromatic carbocycles. The predicted molar refractivity (Wildman–Crippen MR) is 187 cm³/mol. The second-order valence-corrected chi connectivity index (χ2v) is 13.4. The zero-order valence-corrected chi connectivity index (χ0v) is 26.7. The topological polar surface area (TPSA) is 0 Å². The van der Waals surface area contributed by atoms with Crippen LogP contribution in [0.15, 0.2) is 97.1 Å². The largest absolute Gasteiger partial charge is 0.0654 e. The van der Waals surface area contributed by atoms with Gasteiger partial charge < -0.3 is 0 Å². The third kappa shape index (κ3) is 5.70. The number of hydrogen-bond donors (Lipinski definition) is 0. The summed E-state index contributed by atoms with van der Waals surface area (Å²) in [5.41, 5.74) is 14.6. The zero-order valence-electron chi connectivity index (χ0n) is 26.7. The van der Waals surface area contributed by atoms with E-state index in [0.29, 0.717) is 11.8 Å². The number of allylic oxidation sites excluding steroid dienone is 2. The maximum absolute atomic E-state index is 2.56. The van der Waals surface area contributed by atoms with Crippen LogP contribution < -0.4 is 0 Å². The van der Waals surface area contributed by atoms with Crippen molar-refractivity contribution in [2.24, 2.45) is 5.41 Å². The highest BCUT2D eigenvalue weighted by atomic mass is 14.5. The van der Waals surface area contributed by atoms with Gasteiger partial charge in [0.1, 0.15) is 0 Å². The Bertz CT molecular complexity index is 1480. The molecule has 43 heavy (non-hydrogen) atoms. The zero-order chi connectivity index (χ0) is 29.8. The Labute approximate surface area is 260 Å². The van der Waals surface area contributed by atoms with Gasteiger partial charge in [-0.2, -0.15) is 0 Å². The highest BCUT2D eigenvalue weighted by Crippen LogP contribution is 2.62. The average molecular weight is 565 g/mol. The van der Waals surface area contributed by atoms with Gasteiger partial charge in [0.05, 0.1) is 0 Å². The van der Waals surface area contributed by atoms with Crippen molar-refractivity contribution in [1.29, 1.82) is 0 Å². The molecule has 0 amide bonds. The summed E-state index contributed by atoms with van der Waals surface area (Å²) in [5.74, 6) is 0.589. The Kier molecular flexibility index (Phi) is 8.85. The molecule has 0 fully saturated rings. The molecule has 2 unspecified atom stereocenters. The van der Waals surface area contributed by atoms with Crippen LogP contribution in [0.5, 0.6) is 0 Å². The molecular formula is C43H48. The summed E-state index contributed by atoms with van der Waals surface area (Å²) in [7, 11) is 0. The van der Waals surface area contributed by atoms with E-state index in [9.17, 15) is 0 Å². The van der Waals surface area contributed by atoms with Crippen LogP contribution in [0.2, 0.25) is 0 Å². The normalized spacial score (nSPS) is 17.4. The lowest BCUT2D eigenvalue weighted by Gasteiger charge is -2.42. The van der Waals surface area contributed by atoms with E-state index in [0.717, 1.165) is 12.8 Å². The molecule has 2 aliphatic carbocycles. The van der Waals surface area contributed by atoms with Gasteiger partial charge in [-0.3, -0.25) is 0 Å². The second-order valence-electron chi connectivity index (χ2n) is 13.4. The third-order valence-electron chi connectivity index (χ3n) is 10.1. The molecule has 2 aliphatic rings. The van der Waals surface area contributed by atoms with Crippen molar-refractivity contribution in [3.63, 3.8) is 0 Å². The molecule has 4 aromatic rings. The molecule has 2 atom stereocenters. The molecule has 0 saturated heterocycles. The minimum atomic E-state index is -0.0655. The minimum absolute atomic E-state index is 0.0655. The summed E-state index contributed by atoms with van der Waals surface area (Å²) >= 11 is 0. The van der Waals surface area contributed by atoms with Gasteiger partial charge in [-0.25, -0.2) is 0 Å². The van der Waals surface area contributed by atoms with Gasteiger partial charge in [-0.05, 0) is 98.9 Å². The molecule has 0 aliphatic heterocycles. The van der Waals surface area contributed by atoms with Crippen molar-refractivity contribution in [2.45, 2.75) is 90.9 Å². The van der Waals surface area contributed by atoms with Gasteiger partial charge in [-0.15, -0.1) is 0 Å². The van der Waals surface area contributed by atoms with Crippen LogP contribution in [0.3, 0.4) is 0 Å². The molecular weight excluding hydrogens is 516 g/mol. The maximum atomic E-state index is 2.56. The Hall–Kier alpha value is -3.64. The van der Waals surface area contributed by atoms with Crippen molar-refractivity contribution in [1.82, 2.24) is 0 Å². The van der Waals surface area contributed by atoms with Crippen molar-refractivity contribution < 1.29 is 0 Å². The molecule has 0 heteroatoms. The van der Waals surface area contributed by atoms with Crippen molar-refractivity contribution in [2.75, 3.05) is 0 Å². The van der Waals surface area contributed by atoms with Crippen molar-refractivity contribution >= 4 is 23.3 Å². The first-order chi connectivity index (χ1) is 21.0. The molecule has 6 rings (SSSR count). The van der Waals surface area contributed by atoms with E-state index >= 15 is 0 Å². The Morgan fingerprint density at radius 1 is 0.488 bits per heavy atom. The molecule has 0 saturated carbocycles. The molecule has 0 heterocycles. The fraction of sp³-hybridized carbons (Fsp3) is 0.349. The van der Waals surface area contributed by atoms with Crippen LogP contribution in [-0.2, 0) is 12.8 Å². The van der Waals surface area contributed by atoms with Gasteiger partial charge in [0.15, 0.2) is 0 Å². The first-order valence-corrected chi connectivity index (χ1v) is 16.8. The fourth-order valence-electron chi connectivity index (χ4n) is 8.03. The van der Waals surface area contributed by atoms with Gasteiger partial charge in [-0.1, -0.05) is 150 Å².